The highest BCUT2D eigenvalue weighted by atomic mass is 35.5. The van der Waals surface area contributed by atoms with Crippen molar-refractivity contribution in [3.63, 3.8) is 0 Å². The number of halogens is 1. The molecule has 3 nitrogen and oxygen atoms in total. The fraction of sp³-hybridized carbons (Fsp3) is 0.200. The average Bonchev–Trinajstić information content (AvgIpc) is 2.70. The predicted octanol–water partition coefficient (Wildman–Crippen LogP) is 2.31. The van der Waals surface area contributed by atoms with E-state index in [1.165, 1.54) is 0 Å². The van der Waals surface area contributed by atoms with Gasteiger partial charge >= 0.3 is 0 Å². The van der Waals surface area contributed by atoms with Crippen LogP contribution in [0.25, 0.3) is 5.82 Å². The van der Waals surface area contributed by atoms with Gasteiger partial charge in [-0.1, -0.05) is 0 Å². The summed E-state index contributed by atoms with van der Waals surface area (Å²) in [6.45, 7) is 2.00. The molecule has 0 aliphatic heterocycles. The number of aryl methyl sites for hydroxylation is 1. The maximum Gasteiger partial charge on any atom is 0.156 e. The largest absolute Gasteiger partial charge is 0.237 e. The molecule has 14 heavy (non-hydrogen) atoms. The van der Waals surface area contributed by atoms with E-state index in [0.29, 0.717) is 5.88 Å². The zero-order valence-electron chi connectivity index (χ0n) is 7.81. The van der Waals surface area contributed by atoms with E-state index in [1.54, 1.807) is 17.1 Å². The van der Waals surface area contributed by atoms with E-state index in [9.17, 15) is 0 Å². The molecule has 0 unspecified atom stereocenters. The summed E-state index contributed by atoms with van der Waals surface area (Å²) in [5.74, 6) is 1.34. The topological polar surface area (TPSA) is 30.7 Å². The van der Waals surface area contributed by atoms with Crippen molar-refractivity contribution in [2.24, 2.45) is 0 Å². The maximum atomic E-state index is 5.71. The number of hydrogen-bond acceptors (Lipinski definition) is 2. The van der Waals surface area contributed by atoms with E-state index in [2.05, 4.69) is 10.1 Å². The van der Waals surface area contributed by atoms with E-state index in [4.69, 9.17) is 11.6 Å². The Morgan fingerprint density at radius 1 is 1.50 bits per heavy atom. The highest BCUT2D eigenvalue weighted by Gasteiger charge is 2.03. The normalized spacial score (nSPS) is 10.4. The summed E-state index contributed by atoms with van der Waals surface area (Å²) >= 11 is 5.71. The van der Waals surface area contributed by atoms with Gasteiger partial charge in [0.25, 0.3) is 0 Å². The molecule has 0 aromatic carbocycles. The van der Waals surface area contributed by atoms with Crippen molar-refractivity contribution in [3.05, 3.63) is 41.9 Å². The van der Waals surface area contributed by atoms with Gasteiger partial charge < -0.3 is 0 Å². The monoisotopic (exact) mass is 207 g/mol. The summed E-state index contributed by atoms with van der Waals surface area (Å²) in [4.78, 5) is 4.31. The van der Waals surface area contributed by atoms with Crippen molar-refractivity contribution in [2.45, 2.75) is 12.8 Å². The van der Waals surface area contributed by atoms with Gasteiger partial charge in [-0.25, -0.2) is 9.67 Å². The molecule has 2 aromatic heterocycles. The Kier molecular flexibility index (Phi) is 2.50. The number of rotatable bonds is 2. The lowest BCUT2D eigenvalue weighted by Gasteiger charge is -2.05. The Hall–Kier alpha value is -1.35. The molecular weight excluding hydrogens is 198 g/mol. The number of hydrogen-bond donors (Lipinski definition) is 0. The number of nitrogens with zero attached hydrogens (tertiary/aromatic N) is 3. The minimum absolute atomic E-state index is 0.493. The second-order valence-corrected chi connectivity index (χ2v) is 3.34. The summed E-state index contributed by atoms with van der Waals surface area (Å²) in [7, 11) is 0. The van der Waals surface area contributed by atoms with E-state index in [0.717, 1.165) is 16.9 Å². The standard InChI is InChI=1S/C10H10ClN3/c1-8-5-9(6-11)7-12-10(8)14-4-2-3-13-14/h2-5,7H,6H2,1H3. The first-order valence-corrected chi connectivity index (χ1v) is 4.86. The summed E-state index contributed by atoms with van der Waals surface area (Å²) in [6.07, 6.45) is 5.38. The maximum absolute atomic E-state index is 5.71. The van der Waals surface area contributed by atoms with Gasteiger partial charge in [-0.15, -0.1) is 11.6 Å². The molecule has 0 aliphatic carbocycles. The first kappa shape index (κ1) is 9.21. The van der Waals surface area contributed by atoms with Crippen LogP contribution in [-0.2, 0) is 5.88 Å². The number of aromatic nitrogens is 3. The summed E-state index contributed by atoms with van der Waals surface area (Å²) in [6, 6.07) is 3.90. The van der Waals surface area contributed by atoms with Crippen molar-refractivity contribution in [2.75, 3.05) is 0 Å². The summed E-state index contributed by atoms with van der Waals surface area (Å²) in [5.41, 5.74) is 2.10. The van der Waals surface area contributed by atoms with E-state index >= 15 is 0 Å². The van der Waals surface area contributed by atoms with Crippen molar-refractivity contribution < 1.29 is 0 Å². The molecule has 0 radical (unpaired) electrons. The molecule has 0 fully saturated rings. The first-order chi connectivity index (χ1) is 6.81. The quantitative estimate of drug-likeness (QED) is 0.708. The van der Waals surface area contributed by atoms with E-state index < -0.39 is 0 Å². The molecule has 0 saturated heterocycles. The van der Waals surface area contributed by atoms with Crippen molar-refractivity contribution in [3.8, 4) is 5.82 Å². The molecule has 0 N–H and O–H groups in total. The van der Waals surface area contributed by atoms with Gasteiger partial charge in [0.05, 0.1) is 0 Å². The van der Waals surface area contributed by atoms with Gasteiger partial charge in [0.2, 0.25) is 0 Å². The van der Waals surface area contributed by atoms with Crippen LogP contribution in [-0.4, -0.2) is 14.8 Å². The third-order valence-corrected chi connectivity index (χ3v) is 2.29. The summed E-state index contributed by atoms with van der Waals surface area (Å²) in [5, 5.41) is 4.12. The fourth-order valence-corrected chi connectivity index (χ4v) is 1.48. The van der Waals surface area contributed by atoms with Gasteiger partial charge in [0.15, 0.2) is 5.82 Å². The van der Waals surface area contributed by atoms with Gasteiger partial charge in [-0.2, -0.15) is 5.10 Å². The lowest BCUT2D eigenvalue weighted by atomic mass is 10.2. The van der Waals surface area contributed by atoms with Crippen LogP contribution in [0.1, 0.15) is 11.1 Å². The summed E-state index contributed by atoms with van der Waals surface area (Å²) < 4.78 is 1.74. The minimum Gasteiger partial charge on any atom is -0.237 e. The molecular formula is C10H10ClN3. The molecule has 2 aromatic rings. The molecule has 0 atom stereocenters. The minimum atomic E-state index is 0.493. The molecule has 2 heterocycles. The highest BCUT2D eigenvalue weighted by molar-refractivity contribution is 6.17. The van der Waals surface area contributed by atoms with Crippen LogP contribution in [0.5, 0.6) is 0 Å². The second kappa shape index (κ2) is 3.80. The van der Waals surface area contributed by atoms with Gasteiger partial charge in [-0.05, 0) is 30.2 Å². The van der Waals surface area contributed by atoms with Gasteiger partial charge in [0, 0.05) is 24.5 Å². The van der Waals surface area contributed by atoms with Gasteiger partial charge in [0.1, 0.15) is 0 Å². The van der Waals surface area contributed by atoms with Crippen LogP contribution >= 0.6 is 11.6 Å². The molecule has 2 rings (SSSR count). The smallest absolute Gasteiger partial charge is 0.156 e. The van der Waals surface area contributed by atoms with E-state index in [-0.39, 0.29) is 0 Å². The van der Waals surface area contributed by atoms with Crippen LogP contribution in [0.2, 0.25) is 0 Å². The van der Waals surface area contributed by atoms with Crippen LogP contribution in [0.4, 0.5) is 0 Å². The molecule has 0 spiro atoms. The molecule has 0 saturated carbocycles. The Morgan fingerprint density at radius 2 is 2.36 bits per heavy atom. The van der Waals surface area contributed by atoms with Crippen molar-refractivity contribution >= 4 is 11.6 Å². The van der Waals surface area contributed by atoms with Crippen molar-refractivity contribution in [1.29, 1.82) is 0 Å². The zero-order valence-corrected chi connectivity index (χ0v) is 8.57. The molecule has 4 heteroatoms. The number of pyridine rings is 1. The Bertz CT molecular complexity index is 423. The highest BCUT2D eigenvalue weighted by Crippen LogP contribution is 2.12. The number of alkyl halides is 1. The SMILES string of the molecule is Cc1cc(CCl)cnc1-n1cccn1. The second-order valence-electron chi connectivity index (χ2n) is 3.07. The zero-order chi connectivity index (χ0) is 9.97. The van der Waals surface area contributed by atoms with Crippen molar-refractivity contribution in [1.82, 2.24) is 14.8 Å². The molecule has 72 valence electrons. The third-order valence-electron chi connectivity index (χ3n) is 1.98. The Labute approximate surface area is 87.3 Å². The van der Waals surface area contributed by atoms with Crippen LogP contribution in [0, 0.1) is 6.92 Å². The Balaban J connectivity index is 2.46. The van der Waals surface area contributed by atoms with E-state index in [1.807, 2.05) is 25.3 Å². The fourth-order valence-electron chi connectivity index (χ4n) is 1.33. The Morgan fingerprint density at radius 3 is 2.93 bits per heavy atom. The lowest BCUT2D eigenvalue weighted by Crippen LogP contribution is -2.01. The molecule has 0 aliphatic rings. The van der Waals surface area contributed by atoms with Crippen LogP contribution in [0.3, 0.4) is 0 Å². The average molecular weight is 208 g/mol. The predicted molar refractivity (Wildman–Crippen MR) is 55.7 cm³/mol. The van der Waals surface area contributed by atoms with Crippen LogP contribution < -0.4 is 0 Å². The molecule has 0 bridgehead atoms. The molecule has 0 amide bonds. The first-order valence-electron chi connectivity index (χ1n) is 4.33. The van der Waals surface area contributed by atoms with Gasteiger partial charge in [-0.3, -0.25) is 0 Å². The lowest BCUT2D eigenvalue weighted by molar-refractivity contribution is 0.836. The third kappa shape index (κ3) is 1.63. The van der Waals surface area contributed by atoms with Crippen LogP contribution in [0.15, 0.2) is 30.7 Å².